The molecule has 0 N–H and O–H groups in total. The van der Waals surface area contributed by atoms with Gasteiger partial charge in [-0.2, -0.15) is 0 Å². The van der Waals surface area contributed by atoms with Crippen LogP contribution in [0.5, 0.6) is 5.75 Å². The van der Waals surface area contributed by atoms with Crippen molar-refractivity contribution < 1.29 is 9.15 Å². The van der Waals surface area contributed by atoms with Gasteiger partial charge in [-0.3, -0.25) is 4.98 Å². The van der Waals surface area contributed by atoms with Gasteiger partial charge in [-0.25, -0.2) is 0 Å². The molecular formula is C13H11N3O2. The summed E-state index contributed by atoms with van der Waals surface area (Å²) in [4.78, 5) is 4.53. The molecule has 0 amide bonds. The summed E-state index contributed by atoms with van der Waals surface area (Å²) in [5, 5.41) is 8.60. The van der Waals surface area contributed by atoms with Crippen molar-refractivity contribution >= 4 is 10.9 Å². The third-order valence-electron chi connectivity index (χ3n) is 2.81. The van der Waals surface area contributed by atoms with E-state index >= 15 is 0 Å². The molecule has 0 bridgehead atoms. The second-order valence-corrected chi connectivity index (χ2v) is 3.92. The Bertz CT molecular complexity index is 693. The summed E-state index contributed by atoms with van der Waals surface area (Å²) in [6.45, 7) is 1.92. The van der Waals surface area contributed by atoms with E-state index in [0.29, 0.717) is 5.89 Å². The minimum Gasteiger partial charge on any atom is -0.497 e. The van der Waals surface area contributed by atoms with Crippen LogP contribution in [0.25, 0.3) is 22.4 Å². The van der Waals surface area contributed by atoms with Crippen LogP contribution in [0.4, 0.5) is 0 Å². The average molecular weight is 241 g/mol. The molecule has 90 valence electrons. The Morgan fingerprint density at radius 2 is 2.11 bits per heavy atom. The predicted molar refractivity (Wildman–Crippen MR) is 66.3 cm³/mol. The Morgan fingerprint density at radius 3 is 2.83 bits per heavy atom. The molecule has 0 saturated heterocycles. The molecule has 1 aromatic carbocycles. The molecule has 0 fully saturated rings. The summed E-state index contributed by atoms with van der Waals surface area (Å²) >= 11 is 0. The summed E-state index contributed by atoms with van der Waals surface area (Å²) in [5.74, 6) is 1.28. The summed E-state index contributed by atoms with van der Waals surface area (Å²) in [6, 6.07) is 7.75. The first-order valence-electron chi connectivity index (χ1n) is 5.50. The van der Waals surface area contributed by atoms with Crippen molar-refractivity contribution in [2.24, 2.45) is 0 Å². The molecule has 0 saturated carbocycles. The van der Waals surface area contributed by atoms with Gasteiger partial charge in [0.15, 0.2) is 0 Å². The van der Waals surface area contributed by atoms with Crippen molar-refractivity contribution in [2.45, 2.75) is 6.92 Å². The number of benzene rings is 1. The molecule has 18 heavy (non-hydrogen) atoms. The maximum absolute atomic E-state index is 5.21. The van der Waals surface area contributed by atoms with E-state index in [1.54, 1.807) is 7.11 Å². The second kappa shape index (κ2) is 4.10. The van der Waals surface area contributed by atoms with E-state index in [1.807, 2.05) is 31.2 Å². The first-order chi connectivity index (χ1) is 8.78. The zero-order chi connectivity index (χ0) is 12.5. The molecule has 5 heteroatoms. The second-order valence-electron chi connectivity index (χ2n) is 3.92. The van der Waals surface area contributed by atoms with Crippen LogP contribution in [0, 0.1) is 6.92 Å². The fraction of sp³-hybridized carbons (Fsp3) is 0.154. The number of ether oxygens (including phenoxy) is 1. The van der Waals surface area contributed by atoms with Crippen LogP contribution in [0.15, 0.2) is 35.1 Å². The van der Waals surface area contributed by atoms with E-state index in [-0.39, 0.29) is 0 Å². The summed E-state index contributed by atoms with van der Waals surface area (Å²) in [7, 11) is 1.64. The van der Waals surface area contributed by atoms with E-state index in [9.17, 15) is 0 Å². The van der Waals surface area contributed by atoms with Crippen molar-refractivity contribution in [3.8, 4) is 17.2 Å². The molecule has 0 aliphatic heterocycles. The molecule has 3 rings (SSSR count). The van der Waals surface area contributed by atoms with Gasteiger partial charge >= 0.3 is 0 Å². The Hall–Kier alpha value is -2.43. The van der Waals surface area contributed by atoms with E-state index in [2.05, 4.69) is 15.2 Å². The highest BCUT2D eigenvalue weighted by molar-refractivity contribution is 5.84. The first-order valence-corrected chi connectivity index (χ1v) is 5.50. The van der Waals surface area contributed by atoms with Crippen molar-refractivity contribution in [3.63, 3.8) is 0 Å². The highest BCUT2D eigenvalue weighted by Crippen LogP contribution is 2.26. The summed E-state index contributed by atoms with van der Waals surface area (Å²) in [5.41, 5.74) is 2.58. The highest BCUT2D eigenvalue weighted by atomic mass is 16.5. The lowest BCUT2D eigenvalue weighted by Crippen LogP contribution is -1.91. The van der Waals surface area contributed by atoms with Crippen LogP contribution in [0.2, 0.25) is 0 Å². The largest absolute Gasteiger partial charge is 0.497 e. The number of aryl methyl sites for hydroxylation is 1. The van der Waals surface area contributed by atoms with E-state index in [0.717, 1.165) is 27.9 Å². The van der Waals surface area contributed by atoms with Crippen LogP contribution in [0.3, 0.4) is 0 Å². The van der Waals surface area contributed by atoms with Gasteiger partial charge in [0.05, 0.1) is 23.9 Å². The zero-order valence-electron chi connectivity index (χ0n) is 10.0. The molecule has 2 aromatic heterocycles. The Labute approximate surface area is 103 Å². The summed E-state index contributed by atoms with van der Waals surface area (Å²) < 4.78 is 10.4. The van der Waals surface area contributed by atoms with Crippen molar-refractivity contribution in [2.75, 3.05) is 7.11 Å². The van der Waals surface area contributed by atoms with Gasteiger partial charge in [0, 0.05) is 11.5 Å². The quantitative estimate of drug-likeness (QED) is 0.690. The molecule has 3 aromatic rings. The molecule has 0 spiro atoms. The van der Waals surface area contributed by atoms with Gasteiger partial charge < -0.3 is 9.15 Å². The normalized spacial score (nSPS) is 10.8. The third kappa shape index (κ3) is 1.69. The lowest BCUT2D eigenvalue weighted by atomic mass is 10.1. The maximum Gasteiger partial charge on any atom is 0.249 e. The number of fused-ring (bicyclic) bond motifs is 1. The number of methoxy groups -OCH3 is 1. The minimum atomic E-state index is 0.484. The van der Waals surface area contributed by atoms with Gasteiger partial charge in [-0.15, -0.1) is 10.2 Å². The van der Waals surface area contributed by atoms with Crippen LogP contribution in [-0.2, 0) is 0 Å². The summed E-state index contributed by atoms with van der Waals surface area (Å²) in [6.07, 6.45) is 1.31. The fourth-order valence-corrected chi connectivity index (χ4v) is 1.88. The molecule has 0 radical (unpaired) electrons. The number of hydrogen-bond donors (Lipinski definition) is 0. The number of nitrogens with zero attached hydrogens (tertiary/aromatic N) is 3. The monoisotopic (exact) mass is 241 g/mol. The SMILES string of the molecule is COc1ccc2cc(-c3nnco3)c(C)nc2c1. The Balaban J connectivity index is 2.22. The average Bonchev–Trinajstić information content (AvgIpc) is 2.91. The maximum atomic E-state index is 5.21. The topological polar surface area (TPSA) is 61.0 Å². The van der Waals surface area contributed by atoms with E-state index in [1.165, 1.54) is 6.39 Å². The Morgan fingerprint density at radius 1 is 1.22 bits per heavy atom. The third-order valence-corrected chi connectivity index (χ3v) is 2.81. The number of hydrogen-bond acceptors (Lipinski definition) is 5. The predicted octanol–water partition coefficient (Wildman–Crippen LogP) is 2.60. The molecule has 0 aliphatic rings. The van der Waals surface area contributed by atoms with Gasteiger partial charge in [-0.1, -0.05) is 0 Å². The van der Waals surface area contributed by atoms with Gasteiger partial charge in [0.25, 0.3) is 0 Å². The number of aromatic nitrogens is 3. The molecule has 0 atom stereocenters. The van der Waals surface area contributed by atoms with Crippen LogP contribution < -0.4 is 4.74 Å². The van der Waals surface area contributed by atoms with Crippen molar-refractivity contribution in [3.05, 3.63) is 36.4 Å². The first kappa shape index (κ1) is 10.7. The van der Waals surface area contributed by atoms with Gasteiger partial charge in [0.2, 0.25) is 12.3 Å². The Kier molecular flexibility index (Phi) is 2.44. The van der Waals surface area contributed by atoms with Gasteiger partial charge in [0.1, 0.15) is 5.75 Å². The molecule has 0 aliphatic carbocycles. The lowest BCUT2D eigenvalue weighted by Gasteiger charge is -2.05. The van der Waals surface area contributed by atoms with E-state index in [4.69, 9.17) is 9.15 Å². The molecule has 5 nitrogen and oxygen atoms in total. The fourth-order valence-electron chi connectivity index (χ4n) is 1.88. The van der Waals surface area contributed by atoms with Crippen LogP contribution in [-0.4, -0.2) is 22.3 Å². The highest BCUT2D eigenvalue weighted by Gasteiger charge is 2.10. The smallest absolute Gasteiger partial charge is 0.249 e. The van der Waals surface area contributed by atoms with Gasteiger partial charge in [-0.05, 0) is 25.1 Å². The van der Waals surface area contributed by atoms with Crippen LogP contribution in [0.1, 0.15) is 5.69 Å². The van der Waals surface area contributed by atoms with Crippen LogP contribution >= 0.6 is 0 Å². The standard InChI is InChI=1S/C13H11N3O2/c1-8-11(13-16-14-7-18-13)5-9-3-4-10(17-2)6-12(9)15-8/h3-7H,1-2H3. The number of pyridine rings is 1. The van der Waals surface area contributed by atoms with E-state index < -0.39 is 0 Å². The molecular weight excluding hydrogens is 230 g/mol. The molecule has 2 heterocycles. The number of rotatable bonds is 2. The lowest BCUT2D eigenvalue weighted by molar-refractivity contribution is 0.415. The minimum absolute atomic E-state index is 0.484. The van der Waals surface area contributed by atoms with Crippen molar-refractivity contribution in [1.29, 1.82) is 0 Å². The zero-order valence-corrected chi connectivity index (χ0v) is 10.0. The molecule has 0 unspecified atom stereocenters. The van der Waals surface area contributed by atoms with Crippen molar-refractivity contribution in [1.82, 2.24) is 15.2 Å².